The number of phenolic OH excluding ortho intramolecular Hbond substituents is 1. The Bertz CT molecular complexity index is 791. The van der Waals surface area contributed by atoms with E-state index in [1.165, 1.54) is 18.6 Å². The fraction of sp³-hybridized carbons (Fsp3) is 0.294. The van der Waals surface area contributed by atoms with Gasteiger partial charge >= 0.3 is 0 Å². The van der Waals surface area contributed by atoms with E-state index in [1.807, 2.05) is 36.0 Å². The van der Waals surface area contributed by atoms with Gasteiger partial charge in [0.25, 0.3) is 0 Å². The summed E-state index contributed by atoms with van der Waals surface area (Å²) in [6.45, 7) is 0. The number of hydrogen-bond acceptors (Lipinski definition) is 4. The second kappa shape index (κ2) is 5.65. The predicted molar refractivity (Wildman–Crippen MR) is 89.7 cm³/mol. The van der Waals surface area contributed by atoms with E-state index in [1.54, 1.807) is 18.3 Å². The van der Waals surface area contributed by atoms with Gasteiger partial charge in [-0.05, 0) is 55.0 Å². The van der Waals surface area contributed by atoms with Crippen LogP contribution in [0.1, 0.15) is 18.7 Å². The number of benzene rings is 1. The van der Waals surface area contributed by atoms with Crippen molar-refractivity contribution >= 4 is 22.9 Å². The van der Waals surface area contributed by atoms with Gasteiger partial charge in [-0.15, -0.1) is 0 Å². The minimum atomic E-state index is 0.272. The van der Waals surface area contributed by atoms with Gasteiger partial charge in [0.15, 0.2) is 5.65 Å². The van der Waals surface area contributed by atoms with Gasteiger partial charge in [0, 0.05) is 23.6 Å². The van der Waals surface area contributed by atoms with Crippen LogP contribution in [-0.4, -0.2) is 30.6 Å². The SMILES string of the molecule is Oc1ccc(-n2c(CC3CCCS3)nc3cccnc32)cc1. The molecule has 1 fully saturated rings. The third kappa shape index (κ3) is 2.46. The first kappa shape index (κ1) is 13.6. The molecule has 0 saturated carbocycles. The standard InChI is InChI=1S/C17H17N3OS/c21-13-7-5-12(6-8-13)20-16(11-14-3-2-10-22-14)19-15-4-1-9-18-17(15)20/h1,4-9,14,21H,2-3,10-11H2. The van der Waals surface area contributed by atoms with E-state index in [2.05, 4.69) is 9.55 Å². The highest BCUT2D eigenvalue weighted by Crippen LogP contribution is 2.30. The van der Waals surface area contributed by atoms with E-state index in [0.717, 1.165) is 29.1 Å². The predicted octanol–water partition coefficient (Wildman–Crippen LogP) is 3.56. The van der Waals surface area contributed by atoms with Crippen LogP contribution < -0.4 is 0 Å². The van der Waals surface area contributed by atoms with Gasteiger partial charge in [-0.3, -0.25) is 4.57 Å². The molecule has 5 heteroatoms. The zero-order valence-corrected chi connectivity index (χ0v) is 13.0. The topological polar surface area (TPSA) is 50.9 Å². The molecule has 1 aliphatic heterocycles. The second-order valence-corrected chi connectivity index (χ2v) is 6.97. The molecule has 112 valence electrons. The minimum Gasteiger partial charge on any atom is -0.508 e. The molecule has 1 N–H and O–H groups in total. The molecule has 1 atom stereocenters. The van der Waals surface area contributed by atoms with Crippen LogP contribution in [0.2, 0.25) is 0 Å². The lowest BCUT2D eigenvalue weighted by atomic mass is 10.2. The lowest BCUT2D eigenvalue weighted by Gasteiger charge is -2.11. The Morgan fingerprint density at radius 1 is 1.23 bits per heavy atom. The summed E-state index contributed by atoms with van der Waals surface area (Å²) in [6, 6.07) is 11.2. The fourth-order valence-electron chi connectivity index (χ4n) is 2.98. The number of hydrogen-bond donors (Lipinski definition) is 1. The molecular formula is C17H17N3OS. The van der Waals surface area contributed by atoms with E-state index in [4.69, 9.17) is 4.98 Å². The van der Waals surface area contributed by atoms with E-state index in [9.17, 15) is 5.11 Å². The zero-order valence-electron chi connectivity index (χ0n) is 12.1. The number of pyridine rings is 1. The first-order chi connectivity index (χ1) is 10.8. The van der Waals surface area contributed by atoms with Crippen molar-refractivity contribution in [2.75, 3.05) is 5.75 Å². The molecule has 3 aromatic rings. The van der Waals surface area contributed by atoms with Gasteiger partial charge in [0.2, 0.25) is 0 Å². The Hall–Kier alpha value is -2.01. The van der Waals surface area contributed by atoms with Crippen LogP contribution in [0.4, 0.5) is 0 Å². The number of rotatable bonds is 3. The summed E-state index contributed by atoms with van der Waals surface area (Å²) in [5.74, 6) is 2.58. The molecule has 3 heterocycles. The highest BCUT2D eigenvalue weighted by atomic mass is 32.2. The summed E-state index contributed by atoms with van der Waals surface area (Å²) < 4.78 is 2.12. The largest absolute Gasteiger partial charge is 0.508 e. The van der Waals surface area contributed by atoms with Gasteiger partial charge < -0.3 is 5.11 Å². The van der Waals surface area contributed by atoms with Crippen molar-refractivity contribution < 1.29 is 5.11 Å². The molecule has 1 unspecified atom stereocenters. The maximum atomic E-state index is 9.52. The van der Waals surface area contributed by atoms with Crippen LogP contribution in [0.5, 0.6) is 5.75 Å². The summed E-state index contributed by atoms with van der Waals surface area (Å²) in [6.07, 6.45) is 5.32. The summed E-state index contributed by atoms with van der Waals surface area (Å²) >= 11 is 2.04. The summed E-state index contributed by atoms with van der Waals surface area (Å²) in [5.41, 5.74) is 2.80. The van der Waals surface area contributed by atoms with Crippen LogP contribution >= 0.6 is 11.8 Å². The molecule has 22 heavy (non-hydrogen) atoms. The van der Waals surface area contributed by atoms with Gasteiger partial charge in [-0.25, -0.2) is 9.97 Å². The monoisotopic (exact) mass is 311 g/mol. The molecule has 0 amide bonds. The van der Waals surface area contributed by atoms with Crippen LogP contribution in [0.25, 0.3) is 16.9 Å². The minimum absolute atomic E-state index is 0.272. The molecule has 4 nitrogen and oxygen atoms in total. The third-order valence-electron chi connectivity index (χ3n) is 4.03. The average Bonchev–Trinajstić information content (AvgIpc) is 3.16. The summed E-state index contributed by atoms with van der Waals surface area (Å²) in [4.78, 5) is 9.31. The second-order valence-electron chi connectivity index (χ2n) is 5.57. The van der Waals surface area contributed by atoms with Gasteiger partial charge in [-0.2, -0.15) is 11.8 Å². The number of thioether (sulfide) groups is 1. The van der Waals surface area contributed by atoms with Gasteiger partial charge in [0.05, 0.1) is 0 Å². The molecule has 0 bridgehead atoms. The third-order valence-corrected chi connectivity index (χ3v) is 5.43. The first-order valence-electron chi connectivity index (χ1n) is 7.54. The molecule has 0 aliphatic carbocycles. The highest BCUT2D eigenvalue weighted by molar-refractivity contribution is 8.00. The molecule has 4 rings (SSSR count). The van der Waals surface area contributed by atoms with E-state index in [0.29, 0.717) is 5.25 Å². The Kier molecular flexibility index (Phi) is 3.50. The Labute approximate surface area is 133 Å². The molecule has 2 aromatic heterocycles. The van der Waals surface area contributed by atoms with Crippen molar-refractivity contribution in [3.05, 3.63) is 48.4 Å². The molecular weight excluding hydrogens is 294 g/mol. The van der Waals surface area contributed by atoms with Gasteiger partial charge in [0.1, 0.15) is 17.1 Å². The van der Waals surface area contributed by atoms with Crippen LogP contribution in [0.3, 0.4) is 0 Å². The number of aromatic hydroxyl groups is 1. The first-order valence-corrected chi connectivity index (χ1v) is 8.59. The van der Waals surface area contributed by atoms with E-state index >= 15 is 0 Å². The smallest absolute Gasteiger partial charge is 0.164 e. The van der Waals surface area contributed by atoms with E-state index < -0.39 is 0 Å². The number of imidazole rings is 1. The molecule has 1 aromatic carbocycles. The number of aromatic nitrogens is 3. The molecule has 1 aliphatic rings. The summed E-state index contributed by atoms with van der Waals surface area (Å²) in [7, 11) is 0. The molecule has 1 saturated heterocycles. The normalized spacial score (nSPS) is 18.1. The van der Waals surface area contributed by atoms with Crippen molar-refractivity contribution in [1.29, 1.82) is 0 Å². The summed E-state index contributed by atoms with van der Waals surface area (Å²) in [5, 5.41) is 10.2. The van der Waals surface area contributed by atoms with Crippen LogP contribution in [0.15, 0.2) is 42.6 Å². The lowest BCUT2D eigenvalue weighted by Crippen LogP contribution is -2.09. The highest BCUT2D eigenvalue weighted by Gasteiger charge is 2.21. The Balaban J connectivity index is 1.83. The Morgan fingerprint density at radius 2 is 2.09 bits per heavy atom. The number of fused-ring (bicyclic) bond motifs is 1. The molecule has 0 spiro atoms. The molecule has 0 radical (unpaired) electrons. The number of phenols is 1. The zero-order chi connectivity index (χ0) is 14.9. The Morgan fingerprint density at radius 3 is 2.86 bits per heavy atom. The van der Waals surface area contributed by atoms with Crippen LogP contribution in [0, 0.1) is 0 Å². The quantitative estimate of drug-likeness (QED) is 0.803. The fourth-order valence-corrected chi connectivity index (χ4v) is 4.25. The van der Waals surface area contributed by atoms with Crippen molar-refractivity contribution in [3.63, 3.8) is 0 Å². The van der Waals surface area contributed by atoms with Gasteiger partial charge in [-0.1, -0.05) is 0 Å². The van der Waals surface area contributed by atoms with Crippen LogP contribution in [-0.2, 0) is 6.42 Å². The lowest BCUT2D eigenvalue weighted by molar-refractivity contribution is 0.475. The maximum absolute atomic E-state index is 9.52. The van der Waals surface area contributed by atoms with Crippen molar-refractivity contribution in [2.24, 2.45) is 0 Å². The van der Waals surface area contributed by atoms with Crippen molar-refractivity contribution in [1.82, 2.24) is 14.5 Å². The van der Waals surface area contributed by atoms with Crippen molar-refractivity contribution in [3.8, 4) is 11.4 Å². The number of nitrogens with zero attached hydrogens (tertiary/aromatic N) is 3. The van der Waals surface area contributed by atoms with E-state index in [-0.39, 0.29) is 5.75 Å². The average molecular weight is 311 g/mol. The maximum Gasteiger partial charge on any atom is 0.164 e. The van der Waals surface area contributed by atoms with Crippen molar-refractivity contribution in [2.45, 2.75) is 24.5 Å².